The Morgan fingerprint density at radius 3 is 2.64 bits per heavy atom. The summed E-state index contributed by atoms with van der Waals surface area (Å²) in [5.41, 5.74) is 0. The summed E-state index contributed by atoms with van der Waals surface area (Å²) in [5, 5.41) is 8.47. The summed E-state index contributed by atoms with van der Waals surface area (Å²) in [4.78, 5) is 10.3. The normalized spacial score (nSPS) is 14.4. The molecule has 2 heteroatoms. The summed E-state index contributed by atoms with van der Waals surface area (Å²) in [6.45, 7) is 3.60. The van der Waals surface area contributed by atoms with Crippen molar-refractivity contribution < 1.29 is 9.90 Å². The zero-order valence-corrected chi connectivity index (χ0v) is 6.95. The van der Waals surface area contributed by atoms with Crippen LogP contribution >= 0.6 is 0 Å². The molecule has 0 bridgehead atoms. The molecule has 0 aromatic rings. The van der Waals surface area contributed by atoms with E-state index in [1.165, 1.54) is 0 Å². The van der Waals surface area contributed by atoms with Crippen LogP contribution in [0, 0.1) is 5.92 Å². The van der Waals surface area contributed by atoms with Crippen molar-refractivity contribution in [3.8, 4) is 0 Å². The van der Waals surface area contributed by atoms with E-state index in [1.54, 1.807) is 13.0 Å². The average Bonchev–Trinajstić information content (AvgIpc) is 1.97. The lowest BCUT2D eigenvalue weighted by Crippen LogP contribution is -2.05. The van der Waals surface area contributed by atoms with E-state index in [-0.39, 0.29) is 5.92 Å². The molecular weight excluding hydrogens is 140 g/mol. The molecule has 0 amide bonds. The molecule has 0 aliphatic rings. The highest BCUT2D eigenvalue weighted by Crippen LogP contribution is 1.98. The molecule has 0 aromatic heterocycles. The average molecular weight is 154 g/mol. The maximum Gasteiger partial charge on any atom is 0.310 e. The van der Waals surface area contributed by atoms with Gasteiger partial charge in [0.05, 0.1) is 5.92 Å². The van der Waals surface area contributed by atoms with Crippen LogP contribution < -0.4 is 0 Å². The number of carbonyl (C=O) groups is 1. The first-order valence-corrected chi connectivity index (χ1v) is 3.69. The Balaban J connectivity index is 3.65. The van der Waals surface area contributed by atoms with Gasteiger partial charge in [0, 0.05) is 0 Å². The molecule has 0 aliphatic heterocycles. The molecular formula is C9H14O2. The number of allylic oxidation sites excluding steroid dienone is 3. The molecule has 1 N–H and O–H groups in total. The predicted octanol–water partition coefficient (Wildman–Crippen LogP) is 2.23. The van der Waals surface area contributed by atoms with Gasteiger partial charge < -0.3 is 5.11 Å². The highest BCUT2D eigenvalue weighted by atomic mass is 16.4. The Kier molecular flexibility index (Phi) is 5.17. The number of hydrogen-bond donors (Lipinski definition) is 1. The first kappa shape index (κ1) is 9.95. The van der Waals surface area contributed by atoms with E-state index in [1.807, 2.05) is 25.2 Å². The second kappa shape index (κ2) is 5.71. The van der Waals surface area contributed by atoms with Gasteiger partial charge in [-0.05, 0) is 20.3 Å². The van der Waals surface area contributed by atoms with E-state index < -0.39 is 5.97 Å². The van der Waals surface area contributed by atoms with Gasteiger partial charge in [-0.3, -0.25) is 4.79 Å². The third kappa shape index (κ3) is 5.40. The lowest BCUT2D eigenvalue weighted by Gasteiger charge is -1.95. The molecule has 0 aromatic carbocycles. The number of carboxylic acids is 1. The Hall–Kier alpha value is -1.05. The number of rotatable bonds is 4. The predicted molar refractivity (Wildman–Crippen MR) is 45.4 cm³/mol. The van der Waals surface area contributed by atoms with Crippen LogP contribution in [0.25, 0.3) is 0 Å². The molecule has 0 aliphatic carbocycles. The van der Waals surface area contributed by atoms with Crippen LogP contribution in [-0.4, -0.2) is 11.1 Å². The van der Waals surface area contributed by atoms with E-state index in [0.717, 1.165) is 6.42 Å². The van der Waals surface area contributed by atoms with Crippen LogP contribution in [0.1, 0.15) is 20.3 Å². The van der Waals surface area contributed by atoms with Crippen molar-refractivity contribution in [1.82, 2.24) is 0 Å². The Bertz CT molecular complexity index is 168. The van der Waals surface area contributed by atoms with Crippen molar-refractivity contribution in [3.05, 3.63) is 24.3 Å². The monoisotopic (exact) mass is 154 g/mol. The maximum absolute atomic E-state index is 10.3. The Labute approximate surface area is 67.2 Å². The van der Waals surface area contributed by atoms with Crippen molar-refractivity contribution in [2.24, 2.45) is 5.92 Å². The van der Waals surface area contributed by atoms with Gasteiger partial charge in [-0.1, -0.05) is 24.3 Å². The molecule has 0 spiro atoms. The fourth-order valence-corrected chi connectivity index (χ4v) is 0.580. The molecule has 2 nitrogen and oxygen atoms in total. The van der Waals surface area contributed by atoms with Crippen LogP contribution in [0.2, 0.25) is 0 Å². The maximum atomic E-state index is 10.3. The topological polar surface area (TPSA) is 37.3 Å². The van der Waals surface area contributed by atoms with Gasteiger partial charge in [-0.15, -0.1) is 0 Å². The minimum atomic E-state index is -0.776. The molecule has 0 rings (SSSR count). The molecule has 1 unspecified atom stereocenters. The zero-order chi connectivity index (χ0) is 8.69. The van der Waals surface area contributed by atoms with Gasteiger partial charge in [-0.25, -0.2) is 0 Å². The molecule has 1 atom stereocenters. The summed E-state index contributed by atoms with van der Waals surface area (Å²) < 4.78 is 0. The smallest absolute Gasteiger partial charge is 0.310 e. The summed E-state index contributed by atoms with van der Waals surface area (Å²) >= 11 is 0. The van der Waals surface area contributed by atoms with Crippen LogP contribution in [-0.2, 0) is 4.79 Å². The molecule has 0 fully saturated rings. The Morgan fingerprint density at radius 1 is 1.55 bits per heavy atom. The first-order valence-electron chi connectivity index (χ1n) is 3.69. The quantitative estimate of drug-likeness (QED) is 0.630. The van der Waals surface area contributed by atoms with E-state index in [0.29, 0.717) is 0 Å². The van der Waals surface area contributed by atoms with Gasteiger partial charge in [-0.2, -0.15) is 0 Å². The molecule has 0 saturated carbocycles. The van der Waals surface area contributed by atoms with Gasteiger partial charge in [0.15, 0.2) is 0 Å². The van der Waals surface area contributed by atoms with Crippen LogP contribution in [0.15, 0.2) is 24.3 Å². The lowest BCUT2D eigenvalue weighted by atomic mass is 10.1. The van der Waals surface area contributed by atoms with E-state index >= 15 is 0 Å². The van der Waals surface area contributed by atoms with Crippen molar-refractivity contribution >= 4 is 5.97 Å². The van der Waals surface area contributed by atoms with Crippen LogP contribution in [0.5, 0.6) is 0 Å². The molecule has 62 valence electrons. The second-order valence-corrected chi connectivity index (χ2v) is 2.36. The number of hydrogen-bond acceptors (Lipinski definition) is 1. The summed E-state index contributed by atoms with van der Waals surface area (Å²) in [7, 11) is 0. The number of aliphatic carboxylic acids is 1. The number of carboxylic acid groups (broad SMARTS) is 1. The van der Waals surface area contributed by atoms with Crippen molar-refractivity contribution in [2.45, 2.75) is 20.3 Å². The van der Waals surface area contributed by atoms with E-state index in [2.05, 4.69) is 0 Å². The van der Waals surface area contributed by atoms with Gasteiger partial charge in [0.25, 0.3) is 0 Å². The summed E-state index contributed by atoms with van der Waals surface area (Å²) in [6, 6.07) is 0. The summed E-state index contributed by atoms with van der Waals surface area (Å²) in [6.07, 6.45) is 8.29. The minimum Gasteiger partial charge on any atom is -0.481 e. The van der Waals surface area contributed by atoms with Crippen LogP contribution in [0.4, 0.5) is 0 Å². The third-order valence-electron chi connectivity index (χ3n) is 1.32. The fraction of sp³-hybridized carbons (Fsp3) is 0.444. The van der Waals surface area contributed by atoms with E-state index in [4.69, 9.17) is 5.11 Å². The van der Waals surface area contributed by atoms with Crippen molar-refractivity contribution in [2.75, 3.05) is 0 Å². The first-order chi connectivity index (χ1) is 5.18. The highest BCUT2D eigenvalue weighted by molar-refractivity contribution is 5.71. The largest absolute Gasteiger partial charge is 0.481 e. The van der Waals surface area contributed by atoms with Gasteiger partial charge in [0.1, 0.15) is 0 Å². The van der Waals surface area contributed by atoms with Crippen molar-refractivity contribution in [3.63, 3.8) is 0 Å². The lowest BCUT2D eigenvalue weighted by molar-refractivity contribution is -0.139. The van der Waals surface area contributed by atoms with Crippen LogP contribution in [0.3, 0.4) is 0 Å². The SMILES string of the molecule is C/C=C/C/C=C/C(C)C(=O)O. The fourth-order valence-electron chi connectivity index (χ4n) is 0.580. The van der Waals surface area contributed by atoms with Gasteiger partial charge in [0.2, 0.25) is 0 Å². The van der Waals surface area contributed by atoms with Crippen molar-refractivity contribution in [1.29, 1.82) is 0 Å². The standard InChI is InChI=1S/C9H14O2/c1-3-4-5-6-7-8(2)9(10)11/h3-4,6-8H,5H2,1-2H3,(H,10,11)/b4-3+,7-6+. The third-order valence-corrected chi connectivity index (χ3v) is 1.32. The molecule has 0 heterocycles. The Morgan fingerprint density at radius 2 is 2.18 bits per heavy atom. The minimum absolute atomic E-state index is 0.375. The van der Waals surface area contributed by atoms with E-state index in [9.17, 15) is 4.79 Å². The zero-order valence-electron chi connectivity index (χ0n) is 6.95. The molecule has 0 radical (unpaired) electrons. The molecule has 0 saturated heterocycles. The van der Waals surface area contributed by atoms with Gasteiger partial charge >= 0.3 is 5.97 Å². The second-order valence-electron chi connectivity index (χ2n) is 2.36. The summed E-state index contributed by atoms with van der Waals surface area (Å²) in [5.74, 6) is -1.15. The highest BCUT2D eigenvalue weighted by Gasteiger charge is 2.03. The molecule has 11 heavy (non-hydrogen) atoms.